The number of esters is 1. The van der Waals surface area contributed by atoms with Crippen LogP contribution in [0.2, 0.25) is 0 Å². The Balaban J connectivity index is 1.72. The highest BCUT2D eigenvalue weighted by Crippen LogP contribution is 2.21. The lowest BCUT2D eigenvalue weighted by Crippen LogP contribution is -2.40. The van der Waals surface area contributed by atoms with Crippen molar-refractivity contribution in [3.8, 4) is 5.75 Å². The molecule has 0 bridgehead atoms. The molecular formula is C17H17NO5S. The molecule has 3 rings (SSSR count). The van der Waals surface area contributed by atoms with Gasteiger partial charge in [0.05, 0.1) is 23.7 Å². The molecule has 0 spiro atoms. The molecule has 0 saturated carbocycles. The van der Waals surface area contributed by atoms with Crippen molar-refractivity contribution >= 4 is 16.0 Å². The summed E-state index contributed by atoms with van der Waals surface area (Å²) in [5.41, 5.74) is 0.433. The van der Waals surface area contributed by atoms with Crippen molar-refractivity contribution in [1.82, 2.24) is 4.31 Å². The van der Waals surface area contributed by atoms with Crippen LogP contribution in [-0.2, 0) is 14.8 Å². The Labute approximate surface area is 140 Å². The number of hydrogen-bond donors (Lipinski definition) is 0. The van der Waals surface area contributed by atoms with Crippen LogP contribution in [0.3, 0.4) is 0 Å². The van der Waals surface area contributed by atoms with Crippen LogP contribution < -0.4 is 4.74 Å². The van der Waals surface area contributed by atoms with E-state index in [9.17, 15) is 13.2 Å². The number of hydrogen-bond acceptors (Lipinski definition) is 5. The molecule has 126 valence electrons. The van der Waals surface area contributed by atoms with Crippen molar-refractivity contribution in [3.63, 3.8) is 0 Å². The van der Waals surface area contributed by atoms with E-state index in [2.05, 4.69) is 0 Å². The van der Waals surface area contributed by atoms with Gasteiger partial charge in [-0.3, -0.25) is 0 Å². The first kappa shape index (κ1) is 16.6. The number of nitrogens with zero attached hydrogens (tertiary/aromatic N) is 1. The molecule has 0 aromatic heterocycles. The predicted molar refractivity (Wildman–Crippen MR) is 87.4 cm³/mol. The van der Waals surface area contributed by atoms with E-state index in [-0.39, 0.29) is 4.90 Å². The molecule has 24 heavy (non-hydrogen) atoms. The molecule has 0 radical (unpaired) electrons. The number of ether oxygens (including phenoxy) is 2. The standard InChI is InChI=1S/C17H17NO5S/c19-17(14-4-2-1-3-5-14)23-15-6-8-16(9-7-15)24(20,21)18-10-12-22-13-11-18/h1-9H,10-13H2. The molecular weight excluding hydrogens is 330 g/mol. The van der Waals surface area contributed by atoms with Gasteiger partial charge in [-0.1, -0.05) is 18.2 Å². The van der Waals surface area contributed by atoms with Gasteiger partial charge in [0.2, 0.25) is 10.0 Å². The van der Waals surface area contributed by atoms with Crippen molar-refractivity contribution in [2.24, 2.45) is 0 Å². The minimum atomic E-state index is -3.55. The van der Waals surface area contributed by atoms with Crippen LogP contribution in [0.15, 0.2) is 59.5 Å². The summed E-state index contributed by atoms with van der Waals surface area (Å²) >= 11 is 0. The van der Waals surface area contributed by atoms with E-state index in [4.69, 9.17) is 9.47 Å². The highest BCUT2D eigenvalue weighted by Gasteiger charge is 2.26. The van der Waals surface area contributed by atoms with E-state index in [0.717, 1.165) is 0 Å². The van der Waals surface area contributed by atoms with Crippen LogP contribution in [0.25, 0.3) is 0 Å². The molecule has 1 aliphatic rings. The molecule has 0 amide bonds. The lowest BCUT2D eigenvalue weighted by atomic mass is 10.2. The summed E-state index contributed by atoms with van der Waals surface area (Å²) < 4.78 is 36.8. The lowest BCUT2D eigenvalue weighted by Gasteiger charge is -2.26. The smallest absolute Gasteiger partial charge is 0.343 e. The van der Waals surface area contributed by atoms with Gasteiger partial charge in [-0.25, -0.2) is 13.2 Å². The SMILES string of the molecule is O=C(Oc1ccc(S(=O)(=O)N2CCOCC2)cc1)c1ccccc1. The van der Waals surface area contributed by atoms with Crippen LogP contribution in [0.1, 0.15) is 10.4 Å². The second kappa shape index (κ2) is 7.12. The van der Waals surface area contributed by atoms with E-state index in [0.29, 0.717) is 37.6 Å². The van der Waals surface area contributed by atoms with Gasteiger partial charge in [-0.2, -0.15) is 4.31 Å². The van der Waals surface area contributed by atoms with E-state index in [1.165, 1.54) is 28.6 Å². The van der Waals surface area contributed by atoms with Gasteiger partial charge in [-0.15, -0.1) is 0 Å². The fourth-order valence-corrected chi connectivity index (χ4v) is 3.76. The molecule has 1 saturated heterocycles. The predicted octanol–water partition coefficient (Wildman–Crippen LogP) is 1.93. The molecule has 0 atom stereocenters. The average Bonchev–Trinajstić information content (AvgIpc) is 2.63. The maximum Gasteiger partial charge on any atom is 0.343 e. The number of carbonyl (C=O) groups excluding carboxylic acids is 1. The van der Waals surface area contributed by atoms with Gasteiger partial charge < -0.3 is 9.47 Å². The number of rotatable bonds is 4. The Kier molecular flexibility index (Phi) is 4.94. The summed E-state index contributed by atoms with van der Waals surface area (Å²) in [6, 6.07) is 14.4. The third-order valence-corrected chi connectivity index (χ3v) is 5.56. The molecule has 7 heteroatoms. The normalized spacial score (nSPS) is 15.8. The molecule has 0 aliphatic carbocycles. The van der Waals surface area contributed by atoms with Gasteiger partial charge >= 0.3 is 5.97 Å². The van der Waals surface area contributed by atoms with E-state index in [1.807, 2.05) is 6.07 Å². The Morgan fingerprint density at radius 3 is 2.21 bits per heavy atom. The summed E-state index contributed by atoms with van der Waals surface area (Å²) in [4.78, 5) is 12.2. The Morgan fingerprint density at radius 2 is 1.58 bits per heavy atom. The van der Waals surface area contributed by atoms with Gasteiger partial charge in [0.1, 0.15) is 5.75 Å². The third kappa shape index (κ3) is 3.64. The molecule has 6 nitrogen and oxygen atoms in total. The minimum Gasteiger partial charge on any atom is -0.423 e. The number of carbonyl (C=O) groups is 1. The molecule has 0 N–H and O–H groups in total. The van der Waals surface area contributed by atoms with Gasteiger partial charge in [-0.05, 0) is 36.4 Å². The summed E-state index contributed by atoms with van der Waals surface area (Å²) in [6.45, 7) is 1.47. The first-order chi connectivity index (χ1) is 11.6. The van der Waals surface area contributed by atoms with Crippen LogP contribution in [0, 0.1) is 0 Å². The summed E-state index contributed by atoms with van der Waals surface area (Å²) in [6.07, 6.45) is 0. The Bertz CT molecular complexity index is 797. The number of sulfonamides is 1. The van der Waals surface area contributed by atoms with Crippen molar-refractivity contribution < 1.29 is 22.7 Å². The summed E-state index contributed by atoms with van der Waals surface area (Å²) in [5, 5.41) is 0. The van der Waals surface area contributed by atoms with Gasteiger partial charge in [0.15, 0.2) is 0 Å². The number of morpholine rings is 1. The van der Waals surface area contributed by atoms with E-state index < -0.39 is 16.0 Å². The fraction of sp³-hybridized carbons (Fsp3) is 0.235. The zero-order valence-corrected chi connectivity index (χ0v) is 13.7. The van der Waals surface area contributed by atoms with Crippen molar-refractivity contribution in [2.45, 2.75) is 4.90 Å². The van der Waals surface area contributed by atoms with Gasteiger partial charge in [0.25, 0.3) is 0 Å². The Morgan fingerprint density at radius 1 is 0.958 bits per heavy atom. The maximum absolute atomic E-state index is 12.5. The lowest BCUT2D eigenvalue weighted by molar-refractivity contribution is 0.0728. The molecule has 0 unspecified atom stereocenters. The largest absolute Gasteiger partial charge is 0.423 e. The average molecular weight is 347 g/mol. The van der Waals surface area contributed by atoms with Crippen molar-refractivity contribution in [3.05, 3.63) is 60.2 Å². The minimum absolute atomic E-state index is 0.170. The van der Waals surface area contributed by atoms with E-state index in [1.54, 1.807) is 24.3 Å². The quantitative estimate of drug-likeness (QED) is 0.624. The second-order valence-electron chi connectivity index (χ2n) is 5.24. The van der Waals surface area contributed by atoms with Crippen molar-refractivity contribution in [1.29, 1.82) is 0 Å². The first-order valence-electron chi connectivity index (χ1n) is 7.52. The maximum atomic E-state index is 12.5. The molecule has 1 heterocycles. The zero-order valence-electron chi connectivity index (χ0n) is 12.9. The summed E-state index contributed by atoms with van der Waals surface area (Å²) in [7, 11) is -3.55. The second-order valence-corrected chi connectivity index (χ2v) is 7.18. The Hall–Kier alpha value is -2.22. The highest BCUT2D eigenvalue weighted by molar-refractivity contribution is 7.89. The fourth-order valence-electron chi connectivity index (χ4n) is 2.36. The molecule has 1 fully saturated rings. The molecule has 1 aliphatic heterocycles. The summed E-state index contributed by atoms with van der Waals surface area (Å²) in [5.74, 6) is -0.191. The van der Waals surface area contributed by atoms with E-state index >= 15 is 0 Å². The van der Waals surface area contributed by atoms with Gasteiger partial charge in [0, 0.05) is 13.1 Å². The highest BCUT2D eigenvalue weighted by atomic mass is 32.2. The van der Waals surface area contributed by atoms with Crippen LogP contribution in [0.4, 0.5) is 0 Å². The van der Waals surface area contributed by atoms with Crippen molar-refractivity contribution in [2.75, 3.05) is 26.3 Å². The third-order valence-electron chi connectivity index (χ3n) is 3.65. The topological polar surface area (TPSA) is 72.9 Å². The zero-order chi connectivity index (χ0) is 17.0. The van der Waals surface area contributed by atoms with Crippen LogP contribution in [-0.4, -0.2) is 45.0 Å². The number of benzene rings is 2. The monoisotopic (exact) mass is 347 g/mol. The molecule has 2 aromatic carbocycles. The molecule has 2 aromatic rings. The van der Waals surface area contributed by atoms with Crippen LogP contribution >= 0.6 is 0 Å². The first-order valence-corrected chi connectivity index (χ1v) is 8.96. The van der Waals surface area contributed by atoms with Crippen LogP contribution in [0.5, 0.6) is 5.75 Å².